The number of benzene rings is 1. The number of ether oxygens (including phenoxy) is 1. The topological polar surface area (TPSA) is 26.3 Å². The summed E-state index contributed by atoms with van der Waals surface area (Å²) < 4.78 is 5.75. The first-order valence-corrected chi connectivity index (χ1v) is 6.73. The van der Waals surface area contributed by atoms with E-state index < -0.39 is 0 Å². The number of rotatable bonds is 4. The average molecular weight is 281 g/mol. The fourth-order valence-electron chi connectivity index (χ4n) is 1.68. The minimum absolute atomic E-state index is 0.471. The Morgan fingerprint density at radius 2 is 2.11 bits per heavy atom. The van der Waals surface area contributed by atoms with Crippen LogP contribution in [0, 0.1) is 13.8 Å². The molecular formula is C14H13ClO2S. The fourth-order valence-corrected chi connectivity index (χ4v) is 2.76. The highest BCUT2D eigenvalue weighted by Crippen LogP contribution is 2.25. The molecule has 2 nitrogen and oxygen atoms in total. The number of halogens is 1. The molecule has 2 aromatic rings. The molecule has 0 fully saturated rings. The lowest BCUT2D eigenvalue weighted by Crippen LogP contribution is -1.96. The molecule has 1 aromatic heterocycles. The van der Waals surface area contributed by atoms with Crippen LogP contribution in [0.4, 0.5) is 0 Å². The van der Waals surface area contributed by atoms with Gasteiger partial charge in [0.15, 0.2) is 6.29 Å². The molecule has 0 N–H and O–H groups in total. The number of carbonyl (C=O) groups excluding carboxylic acids is 1. The van der Waals surface area contributed by atoms with E-state index in [1.54, 1.807) is 6.07 Å². The monoisotopic (exact) mass is 280 g/mol. The number of hydrogen-bond acceptors (Lipinski definition) is 3. The molecule has 2 rings (SSSR count). The molecule has 0 unspecified atom stereocenters. The number of aldehydes is 1. The van der Waals surface area contributed by atoms with Crippen LogP contribution in [0.1, 0.15) is 25.7 Å². The number of aryl methyl sites for hydroxylation is 2. The minimum atomic E-state index is 0.471. The Morgan fingerprint density at radius 1 is 1.33 bits per heavy atom. The molecule has 0 saturated heterocycles. The normalized spacial score (nSPS) is 10.4. The lowest BCUT2D eigenvalue weighted by molar-refractivity contribution is 0.112. The molecule has 0 aliphatic rings. The largest absolute Gasteiger partial charge is 0.489 e. The zero-order valence-corrected chi connectivity index (χ0v) is 11.8. The highest BCUT2D eigenvalue weighted by atomic mass is 35.5. The van der Waals surface area contributed by atoms with Crippen LogP contribution in [-0.2, 0) is 6.61 Å². The van der Waals surface area contributed by atoms with Gasteiger partial charge in [0, 0.05) is 15.5 Å². The van der Waals surface area contributed by atoms with Gasteiger partial charge < -0.3 is 4.74 Å². The summed E-state index contributed by atoms with van der Waals surface area (Å²) in [5.74, 6) is 0.817. The van der Waals surface area contributed by atoms with E-state index in [-0.39, 0.29) is 0 Å². The van der Waals surface area contributed by atoms with Crippen LogP contribution in [0.2, 0.25) is 5.02 Å². The molecule has 0 aliphatic carbocycles. The van der Waals surface area contributed by atoms with Gasteiger partial charge in [-0.2, -0.15) is 0 Å². The smallest absolute Gasteiger partial charge is 0.160 e. The summed E-state index contributed by atoms with van der Waals surface area (Å²) in [5, 5.41) is 0.704. The maximum absolute atomic E-state index is 10.7. The van der Waals surface area contributed by atoms with Crippen molar-refractivity contribution in [1.82, 2.24) is 0 Å². The summed E-state index contributed by atoms with van der Waals surface area (Å²) in [6.45, 7) is 4.42. The summed E-state index contributed by atoms with van der Waals surface area (Å²) >= 11 is 7.38. The summed E-state index contributed by atoms with van der Waals surface area (Å²) in [6, 6.07) is 7.41. The van der Waals surface area contributed by atoms with E-state index in [9.17, 15) is 4.79 Å². The Kier molecular flexibility index (Phi) is 4.04. The molecule has 0 bridgehead atoms. The first-order chi connectivity index (χ1) is 8.60. The zero-order valence-electron chi connectivity index (χ0n) is 10.2. The molecule has 0 spiro atoms. The Hall–Kier alpha value is -1.32. The van der Waals surface area contributed by atoms with Gasteiger partial charge in [0.1, 0.15) is 12.4 Å². The molecule has 0 saturated carbocycles. The molecule has 0 radical (unpaired) electrons. The second-order valence-corrected chi connectivity index (χ2v) is 5.77. The van der Waals surface area contributed by atoms with Crippen molar-refractivity contribution in [2.45, 2.75) is 20.5 Å². The van der Waals surface area contributed by atoms with Crippen LogP contribution in [0.3, 0.4) is 0 Å². The van der Waals surface area contributed by atoms with E-state index in [4.69, 9.17) is 16.3 Å². The first-order valence-electron chi connectivity index (χ1n) is 5.53. The van der Waals surface area contributed by atoms with Crippen LogP contribution in [-0.4, -0.2) is 6.29 Å². The van der Waals surface area contributed by atoms with Gasteiger partial charge in [-0.15, -0.1) is 11.3 Å². The Morgan fingerprint density at radius 3 is 2.72 bits per heavy atom. The lowest BCUT2D eigenvalue weighted by atomic mass is 10.2. The second-order valence-electron chi connectivity index (χ2n) is 4.05. The quantitative estimate of drug-likeness (QED) is 0.776. The molecule has 1 aromatic carbocycles. The maximum atomic E-state index is 10.7. The van der Waals surface area contributed by atoms with Crippen molar-refractivity contribution >= 4 is 29.2 Å². The molecule has 94 valence electrons. The second kappa shape index (κ2) is 5.55. The van der Waals surface area contributed by atoms with Gasteiger partial charge in [0.25, 0.3) is 0 Å². The predicted octanol–water partition coefficient (Wildman–Crippen LogP) is 4.41. The van der Waals surface area contributed by atoms with Crippen LogP contribution < -0.4 is 4.74 Å². The molecule has 1 heterocycles. The molecule has 4 heteroatoms. The van der Waals surface area contributed by atoms with Gasteiger partial charge in [-0.1, -0.05) is 11.6 Å². The average Bonchev–Trinajstić information content (AvgIpc) is 2.69. The van der Waals surface area contributed by atoms with Gasteiger partial charge in [-0.25, -0.2) is 0 Å². The van der Waals surface area contributed by atoms with Crippen molar-refractivity contribution in [3.05, 3.63) is 50.2 Å². The Bertz CT molecular complexity index is 575. The van der Waals surface area contributed by atoms with Crippen LogP contribution in [0.15, 0.2) is 24.3 Å². The summed E-state index contributed by atoms with van der Waals surface area (Å²) in [5.41, 5.74) is 2.06. The Labute approximate surface area is 115 Å². The minimum Gasteiger partial charge on any atom is -0.489 e. The highest BCUT2D eigenvalue weighted by molar-refractivity contribution is 7.13. The summed E-state index contributed by atoms with van der Waals surface area (Å²) in [4.78, 5) is 12.5. The van der Waals surface area contributed by atoms with Crippen molar-refractivity contribution in [3.8, 4) is 5.75 Å². The van der Waals surface area contributed by atoms with Crippen molar-refractivity contribution in [3.63, 3.8) is 0 Å². The van der Waals surface area contributed by atoms with E-state index in [0.29, 0.717) is 11.6 Å². The maximum Gasteiger partial charge on any atom is 0.160 e. The Balaban J connectivity index is 2.11. The first kappa shape index (κ1) is 13.1. The molecular weight excluding hydrogens is 268 g/mol. The van der Waals surface area contributed by atoms with Crippen molar-refractivity contribution in [2.24, 2.45) is 0 Å². The molecule has 18 heavy (non-hydrogen) atoms. The predicted molar refractivity (Wildman–Crippen MR) is 75.0 cm³/mol. The van der Waals surface area contributed by atoms with Crippen LogP contribution in [0.25, 0.3) is 0 Å². The van der Waals surface area contributed by atoms with E-state index in [1.807, 2.05) is 32.0 Å². The molecule has 0 amide bonds. The van der Waals surface area contributed by atoms with Crippen molar-refractivity contribution < 1.29 is 9.53 Å². The SMILES string of the molecule is Cc1cc(Cl)ccc1OCc1cc(C=O)sc1C. The van der Waals surface area contributed by atoms with Crippen molar-refractivity contribution in [1.29, 1.82) is 0 Å². The van der Waals surface area contributed by atoms with E-state index in [1.165, 1.54) is 11.3 Å². The van der Waals surface area contributed by atoms with Crippen LogP contribution in [0.5, 0.6) is 5.75 Å². The summed E-state index contributed by atoms with van der Waals surface area (Å²) in [7, 11) is 0. The number of hydrogen-bond donors (Lipinski definition) is 0. The third-order valence-electron chi connectivity index (χ3n) is 2.68. The summed E-state index contributed by atoms with van der Waals surface area (Å²) in [6.07, 6.45) is 0.870. The van der Waals surface area contributed by atoms with Gasteiger partial charge in [-0.05, 0) is 43.7 Å². The number of thiophene rings is 1. The van der Waals surface area contributed by atoms with Crippen LogP contribution >= 0.6 is 22.9 Å². The molecule has 0 atom stereocenters. The standard InChI is InChI=1S/C14H13ClO2S/c1-9-5-12(15)3-4-14(9)17-8-11-6-13(7-16)18-10(11)2/h3-7H,8H2,1-2H3. The zero-order chi connectivity index (χ0) is 13.1. The number of carbonyl (C=O) groups is 1. The van der Waals surface area contributed by atoms with E-state index >= 15 is 0 Å². The van der Waals surface area contributed by atoms with Gasteiger partial charge in [-0.3, -0.25) is 4.79 Å². The van der Waals surface area contributed by atoms with Gasteiger partial charge in [0.05, 0.1) is 4.88 Å². The van der Waals surface area contributed by atoms with Crippen molar-refractivity contribution in [2.75, 3.05) is 0 Å². The van der Waals surface area contributed by atoms with E-state index in [2.05, 4.69) is 0 Å². The lowest BCUT2D eigenvalue weighted by Gasteiger charge is -2.09. The van der Waals surface area contributed by atoms with Gasteiger partial charge >= 0.3 is 0 Å². The van der Waals surface area contributed by atoms with Gasteiger partial charge in [0.2, 0.25) is 0 Å². The molecule has 0 aliphatic heterocycles. The highest BCUT2D eigenvalue weighted by Gasteiger charge is 2.07. The third kappa shape index (κ3) is 2.92. The third-order valence-corrected chi connectivity index (χ3v) is 3.93. The van der Waals surface area contributed by atoms with E-state index in [0.717, 1.165) is 32.9 Å². The fraction of sp³-hybridized carbons (Fsp3) is 0.214.